The maximum absolute atomic E-state index is 12.8. The molecular formula is C20H18N4O4. The summed E-state index contributed by atoms with van der Waals surface area (Å²) >= 11 is 0. The molecule has 0 radical (unpaired) electrons. The number of benzene rings is 1. The number of ketones is 1. The molecule has 1 atom stereocenters. The zero-order valence-electron chi connectivity index (χ0n) is 15.4. The van der Waals surface area contributed by atoms with Gasteiger partial charge in [0.05, 0.1) is 11.2 Å². The Morgan fingerprint density at radius 3 is 2.71 bits per heavy atom. The number of aromatic amines is 1. The summed E-state index contributed by atoms with van der Waals surface area (Å²) < 4.78 is 7.34. The second-order valence-corrected chi connectivity index (χ2v) is 6.76. The number of hydrogen-bond acceptors (Lipinski definition) is 6. The minimum absolute atomic E-state index is 0.140. The molecule has 1 aromatic carbocycles. The number of aromatic nitrogens is 3. The summed E-state index contributed by atoms with van der Waals surface area (Å²) in [5, 5.41) is 0. The Morgan fingerprint density at radius 2 is 2.11 bits per heavy atom. The van der Waals surface area contributed by atoms with Crippen LogP contribution in [0.4, 0.5) is 0 Å². The molecule has 4 rings (SSSR count). The average Bonchev–Trinajstić information content (AvgIpc) is 3.02. The van der Waals surface area contributed by atoms with Crippen molar-refractivity contribution in [3.63, 3.8) is 0 Å². The summed E-state index contributed by atoms with van der Waals surface area (Å²) in [6, 6.07) is 8.48. The van der Waals surface area contributed by atoms with Crippen molar-refractivity contribution in [2.45, 2.75) is 19.4 Å². The van der Waals surface area contributed by atoms with E-state index in [4.69, 9.17) is 10.5 Å². The molecule has 0 saturated carbocycles. The molecule has 3 N–H and O–H groups in total. The fourth-order valence-electron chi connectivity index (χ4n) is 3.77. The summed E-state index contributed by atoms with van der Waals surface area (Å²) in [5.41, 5.74) is 6.46. The lowest BCUT2D eigenvalue weighted by atomic mass is 9.93. The molecular weight excluding hydrogens is 360 g/mol. The first-order valence-corrected chi connectivity index (χ1v) is 8.67. The molecule has 0 bridgehead atoms. The summed E-state index contributed by atoms with van der Waals surface area (Å²) in [5.74, 6) is 0.111. The molecule has 3 heterocycles. The molecule has 0 aliphatic carbocycles. The van der Waals surface area contributed by atoms with E-state index in [1.807, 2.05) is 0 Å². The third-order valence-corrected chi connectivity index (χ3v) is 4.95. The molecule has 142 valence electrons. The predicted molar refractivity (Wildman–Crippen MR) is 103 cm³/mol. The maximum atomic E-state index is 12.8. The van der Waals surface area contributed by atoms with Crippen LogP contribution in [0.3, 0.4) is 0 Å². The Morgan fingerprint density at radius 1 is 1.32 bits per heavy atom. The highest BCUT2D eigenvalue weighted by Gasteiger charge is 2.44. The Labute approximate surface area is 159 Å². The van der Waals surface area contributed by atoms with Crippen LogP contribution < -0.4 is 16.2 Å². The number of H-pyrrole nitrogens is 1. The van der Waals surface area contributed by atoms with Crippen molar-refractivity contribution in [1.82, 2.24) is 14.5 Å². The number of Topliss-reactive ketones (excluding diaryl/α,β-unsaturated/α-hetero) is 1. The van der Waals surface area contributed by atoms with E-state index in [2.05, 4.69) is 9.97 Å². The monoisotopic (exact) mass is 378 g/mol. The van der Waals surface area contributed by atoms with Gasteiger partial charge < -0.3 is 20.2 Å². The molecule has 8 heteroatoms. The first-order valence-electron chi connectivity index (χ1n) is 8.67. The van der Waals surface area contributed by atoms with Gasteiger partial charge in [-0.15, -0.1) is 0 Å². The van der Waals surface area contributed by atoms with E-state index in [9.17, 15) is 14.4 Å². The molecule has 0 fully saturated rings. The van der Waals surface area contributed by atoms with Crippen molar-refractivity contribution in [3.8, 4) is 5.75 Å². The van der Waals surface area contributed by atoms with E-state index in [0.29, 0.717) is 45.6 Å². The van der Waals surface area contributed by atoms with E-state index < -0.39 is 11.2 Å². The number of carbonyl (C=O) groups excluding carboxylic acids is 2. The Balaban J connectivity index is 2.11. The predicted octanol–water partition coefficient (Wildman–Crippen LogP) is 1.34. The van der Waals surface area contributed by atoms with E-state index >= 15 is 0 Å². The topological polar surface area (TPSA) is 120 Å². The van der Waals surface area contributed by atoms with Gasteiger partial charge in [0, 0.05) is 23.0 Å². The van der Waals surface area contributed by atoms with Crippen molar-refractivity contribution in [2.75, 3.05) is 6.61 Å². The lowest BCUT2D eigenvalue weighted by molar-refractivity contribution is -0.115. The van der Waals surface area contributed by atoms with Crippen LogP contribution >= 0.6 is 0 Å². The highest BCUT2D eigenvalue weighted by Crippen LogP contribution is 2.41. The van der Waals surface area contributed by atoms with Gasteiger partial charge in [-0.25, -0.2) is 4.79 Å². The Kier molecular flexibility index (Phi) is 3.92. The number of ether oxygens (including phenoxy) is 1. The van der Waals surface area contributed by atoms with Crippen LogP contribution in [-0.4, -0.2) is 33.2 Å². The molecule has 0 spiro atoms. The molecule has 0 saturated heterocycles. The number of nitrogens with two attached hydrogens (primary N) is 1. The molecule has 28 heavy (non-hydrogen) atoms. The van der Waals surface area contributed by atoms with E-state index in [1.165, 1.54) is 11.5 Å². The van der Waals surface area contributed by atoms with Gasteiger partial charge in [-0.05, 0) is 38.1 Å². The molecule has 1 unspecified atom stereocenters. The van der Waals surface area contributed by atoms with Gasteiger partial charge in [0.1, 0.15) is 12.1 Å². The van der Waals surface area contributed by atoms with Crippen molar-refractivity contribution in [2.24, 2.45) is 5.73 Å². The number of hydrogen-bond donors (Lipinski definition) is 2. The second-order valence-electron chi connectivity index (χ2n) is 6.76. The normalized spacial score (nSPS) is 19.1. The average molecular weight is 378 g/mol. The smallest absolute Gasteiger partial charge is 0.327 e. The van der Waals surface area contributed by atoms with E-state index in [1.54, 1.807) is 43.5 Å². The summed E-state index contributed by atoms with van der Waals surface area (Å²) in [7, 11) is 0. The number of rotatable bonds is 4. The molecule has 1 aliphatic heterocycles. The van der Waals surface area contributed by atoms with Crippen molar-refractivity contribution < 1.29 is 14.3 Å². The number of nitrogens with one attached hydrogen (secondary N) is 1. The second kappa shape index (κ2) is 6.19. The SMILES string of the molecule is CC(=O)C(=C(C)N)c1ccc2[nH]c(=O)n3c2c1OCC3(C=O)c1ccccn1. The number of allylic oxidation sites excluding steroid dienone is 2. The lowest BCUT2D eigenvalue weighted by Crippen LogP contribution is -2.49. The van der Waals surface area contributed by atoms with E-state index in [-0.39, 0.29) is 12.4 Å². The minimum atomic E-state index is -1.42. The molecule has 2 aromatic heterocycles. The number of imidazole rings is 1. The summed E-state index contributed by atoms with van der Waals surface area (Å²) in [6.45, 7) is 2.91. The van der Waals surface area contributed by atoms with Gasteiger partial charge in [0.2, 0.25) is 0 Å². The van der Waals surface area contributed by atoms with Crippen LogP contribution in [0.25, 0.3) is 16.6 Å². The largest absolute Gasteiger partial charge is 0.487 e. The summed E-state index contributed by atoms with van der Waals surface area (Å²) in [4.78, 5) is 44.2. The number of carbonyl (C=O) groups is 2. The highest BCUT2D eigenvalue weighted by molar-refractivity contribution is 6.22. The molecule has 0 amide bonds. The number of nitrogens with zero attached hydrogens (tertiary/aromatic N) is 2. The van der Waals surface area contributed by atoms with Crippen molar-refractivity contribution in [3.05, 3.63) is 64.0 Å². The van der Waals surface area contributed by atoms with Crippen molar-refractivity contribution in [1.29, 1.82) is 0 Å². The third kappa shape index (κ3) is 2.31. The first kappa shape index (κ1) is 17.7. The Hall–Kier alpha value is -3.68. The zero-order valence-corrected chi connectivity index (χ0v) is 15.4. The van der Waals surface area contributed by atoms with Crippen LogP contribution in [0.5, 0.6) is 5.75 Å². The number of pyridine rings is 1. The fraction of sp³-hybridized carbons (Fsp3) is 0.200. The van der Waals surface area contributed by atoms with Crippen LogP contribution in [0, 0.1) is 0 Å². The maximum Gasteiger partial charge on any atom is 0.327 e. The Bertz CT molecular complexity index is 1200. The van der Waals surface area contributed by atoms with Gasteiger partial charge in [0.25, 0.3) is 0 Å². The minimum Gasteiger partial charge on any atom is -0.487 e. The van der Waals surface area contributed by atoms with Gasteiger partial charge in [0.15, 0.2) is 23.4 Å². The van der Waals surface area contributed by atoms with Gasteiger partial charge in [-0.3, -0.25) is 14.3 Å². The number of aldehydes is 1. The van der Waals surface area contributed by atoms with Crippen LogP contribution in [-0.2, 0) is 15.1 Å². The highest BCUT2D eigenvalue weighted by atomic mass is 16.5. The molecule has 8 nitrogen and oxygen atoms in total. The van der Waals surface area contributed by atoms with Gasteiger partial charge >= 0.3 is 5.69 Å². The van der Waals surface area contributed by atoms with Gasteiger partial charge in [-0.1, -0.05) is 6.07 Å². The van der Waals surface area contributed by atoms with Crippen LogP contribution in [0.1, 0.15) is 25.1 Å². The molecule has 1 aliphatic rings. The quantitative estimate of drug-likeness (QED) is 0.522. The summed E-state index contributed by atoms with van der Waals surface area (Å²) in [6.07, 6.45) is 2.21. The molecule has 3 aromatic rings. The fourth-order valence-corrected chi connectivity index (χ4v) is 3.77. The van der Waals surface area contributed by atoms with Crippen molar-refractivity contribution >= 4 is 28.7 Å². The first-order chi connectivity index (χ1) is 13.4. The van der Waals surface area contributed by atoms with Crippen LogP contribution in [0.2, 0.25) is 0 Å². The third-order valence-electron chi connectivity index (χ3n) is 4.95. The zero-order chi connectivity index (χ0) is 20.1. The standard InChI is InChI=1S/C20H18N4O4/c1-11(21)16(12(2)26)13-6-7-14-17-18(13)28-10-20(9-25,24(17)19(27)23-14)15-5-3-4-8-22-15/h3-9H,10,21H2,1-2H3,(H,23,27). The van der Waals surface area contributed by atoms with Crippen LogP contribution in [0.15, 0.2) is 47.0 Å². The van der Waals surface area contributed by atoms with E-state index in [0.717, 1.165) is 0 Å². The lowest BCUT2D eigenvalue weighted by Gasteiger charge is -2.34. The van der Waals surface area contributed by atoms with Gasteiger partial charge in [-0.2, -0.15) is 0 Å².